The van der Waals surface area contributed by atoms with Crippen LogP contribution < -0.4 is 0 Å². The van der Waals surface area contributed by atoms with Gasteiger partial charge >= 0.3 is 0 Å². The summed E-state index contributed by atoms with van der Waals surface area (Å²) in [4.78, 5) is 0. The van der Waals surface area contributed by atoms with Crippen LogP contribution in [-0.2, 0) is 6.42 Å². The lowest BCUT2D eigenvalue weighted by molar-refractivity contribution is 0.406. The molecular weight excluding hydrogens is 260 g/mol. The minimum atomic E-state index is 0.0203. The predicted molar refractivity (Wildman–Crippen MR) is 87.8 cm³/mol. The predicted octanol–water partition coefficient (Wildman–Crippen LogP) is 5.07. The lowest BCUT2D eigenvalue weighted by Crippen LogP contribution is -2.17. The van der Waals surface area contributed by atoms with E-state index < -0.39 is 0 Å². The summed E-state index contributed by atoms with van der Waals surface area (Å²) in [5.41, 5.74) is 4.07. The molecule has 0 spiro atoms. The molecule has 2 rings (SSSR count). The molecule has 1 aliphatic rings. The lowest BCUT2D eigenvalue weighted by atomic mass is 9.73. The molecule has 0 fully saturated rings. The summed E-state index contributed by atoms with van der Waals surface area (Å²) in [6.07, 6.45) is 6.12. The smallest absolute Gasteiger partial charge is 0.123 e. The summed E-state index contributed by atoms with van der Waals surface area (Å²) >= 11 is 0. The number of benzene rings is 1. The molecule has 2 atom stereocenters. The van der Waals surface area contributed by atoms with Gasteiger partial charge in [0.05, 0.1) is 0 Å². The van der Waals surface area contributed by atoms with Crippen LogP contribution in [0.2, 0.25) is 0 Å². The number of aryl methyl sites for hydroxylation is 1. The fourth-order valence-electron chi connectivity index (χ4n) is 3.36. The highest BCUT2D eigenvalue weighted by Crippen LogP contribution is 2.46. The van der Waals surface area contributed by atoms with Crippen LogP contribution in [0, 0.1) is 5.92 Å². The van der Waals surface area contributed by atoms with Gasteiger partial charge in [-0.1, -0.05) is 37.1 Å². The van der Waals surface area contributed by atoms with Crippen LogP contribution in [0.15, 0.2) is 35.9 Å². The van der Waals surface area contributed by atoms with E-state index in [0.717, 1.165) is 36.8 Å². The number of rotatable bonds is 4. The Kier molecular flexibility index (Phi) is 4.76. The van der Waals surface area contributed by atoms with E-state index in [9.17, 15) is 10.2 Å². The van der Waals surface area contributed by atoms with Gasteiger partial charge in [-0.05, 0) is 56.7 Å². The van der Waals surface area contributed by atoms with Gasteiger partial charge in [-0.3, -0.25) is 0 Å². The Hall–Kier alpha value is -1.70. The van der Waals surface area contributed by atoms with Crippen molar-refractivity contribution in [1.29, 1.82) is 0 Å². The molecule has 0 aliphatic heterocycles. The van der Waals surface area contributed by atoms with Crippen LogP contribution >= 0.6 is 0 Å². The van der Waals surface area contributed by atoms with Gasteiger partial charge in [-0.25, -0.2) is 0 Å². The number of hydrogen-bond donors (Lipinski definition) is 2. The molecule has 1 aromatic carbocycles. The highest BCUT2D eigenvalue weighted by atomic mass is 16.3. The molecule has 0 amide bonds. The first-order chi connectivity index (χ1) is 9.93. The third-order valence-electron chi connectivity index (χ3n) is 4.45. The third-order valence-corrected chi connectivity index (χ3v) is 4.45. The van der Waals surface area contributed by atoms with Gasteiger partial charge in [0.1, 0.15) is 11.5 Å². The van der Waals surface area contributed by atoms with E-state index >= 15 is 0 Å². The molecule has 2 nitrogen and oxygen atoms in total. The van der Waals surface area contributed by atoms with E-state index in [1.807, 2.05) is 6.92 Å². The van der Waals surface area contributed by atoms with Crippen molar-refractivity contribution in [2.75, 3.05) is 0 Å². The Morgan fingerprint density at radius 1 is 1.29 bits per heavy atom. The van der Waals surface area contributed by atoms with Crippen molar-refractivity contribution < 1.29 is 10.2 Å². The standard InChI is InChI=1S/C19H26O2/c1-5-6-14-10-17(20)19(18(21)11-14)16-9-13(4)7-8-15(16)12(2)3/h9-11,15-16,20-21H,2,5-8H2,1,3-4H3/t15-,16?/m0/s1. The summed E-state index contributed by atoms with van der Waals surface area (Å²) in [5.74, 6) is 0.718. The van der Waals surface area contributed by atoms with Gasteiger partial charge in [-0.2, -0.15) is 0 Å². The van der Waals surface area contributed by atoms with Crippen LogP contribution in [0.4, 0.5) is 0 Å². The minimum absolute atomic E-state index is 0.0203. The van der Waals surface area contributed by atoms with E-state index in [2.05, 4.69) is 26.5 Å². The molecule has 0 bridgehead atoms. The zero-order valence-corrected chi connectivity index (χ0v) is 13.3. The summed E-state index contributed by atoms with van der Waals surface area (Å²) in [6, 6.07) is 3.59. The quantitative estimate of drug-likeness (QED) is 0.759. The molecule has 21 heavy (non-hydrogen) atoms. The first-order valence-corrected chi connectivity index (χ1v) is 7.81. The van der Waals surface area contributed by atoms with Crippen LogP contribution in [-0.4, -0.2) is 10.2 Å². The van der Waals surface area contributed by atoms with Gasteiger partial charge in [0.15, 0.2) is 0 Å². The SMILES string of the molecule is C=C(C)[C@@H]1CCC(C)=CC1c1c(O)cc(CCC)cc1O. The van der Waals surface area contributed by atoms with E-state index in [0.29, 0.717) is 5.56 Å². The third kappa shape index (κ3) is 3.31. The highest BCUT2D eigenvalue weighted by molar-refractivity contribution is 5.51. The maximum absolute atomic E-state index is 10.4. The van der Waals surface area contributed by atoms with Gasteiger partial charge < -0.3 is 10.2 Å². The lowest BCUT2D eigenvalue weighted by Gasteiger charge is -2.31. The summed E-state index contributed by atoms with van der Waals surface area (Å²) in [7, 11) is 0. The number of phenols is 2. The van der Waals surface area contributed by atoms with E-state index in [1.165, 1.54) is 5.57 Å². The van der Waals surface area contributed by atoms with Crippen molar-refractivity contribution in [3.63, 3.8) is 0 Å². The van der Waals surface area contributed by atoms with Crippen molar-refractivity contribution in [1.82, 2.24) is 0 Å². The van der Waals surface area contributed by atoms with Gasteiger partial charge in [0.2, 0.25) is 0 Å². The number of hydrogen-bond acceptors (Lipinski definition) is 2. The van der Waals surface area contributed by atoms with E-state index in [-0.39, 0.29) is 23.3 Å². The molecule has 1 unspecified atom stereocenters. The fraction of sp³-hybridized carbons (Fsp3) is 0.474. The molecule has 1 aliphatic carbocycles. The molecule has 0 aromatic heterocycles. The molecule has 0 saturated heterocycles. The van der Waals surface area contributed by atoms with Crippen molar-refractivity contribution in [2.45, 2.75) is 52.4 Å². The second kappa shape index (κ2) is 6.38. The second-order valence-corrected chi connectivity index (χ2v) is 6.33. The van der Waals surface area contributed by atoms with E-state index in [4.69, 9.17) is 0 Å². The van der Waals surface area contributed by atoms with Crippen molar-refractivity contribution >= 4 is 0 Å². The second-order valence-electron chi connectivity index (χ2n) is 6.33. The summed E-state index contributed by atoms with van der Waals surface area (Å²) in [5, 5.41) is 20.8. The Bertz CT molecular complexity index is 546. The maximum Gasteiger partial charge on any atom is 0.123 e. The summed E-state index contributed by atoms with van der Waals surface area (Å²) < 4.78 is 0. The minimum Gasteiger partial charge on any atom is -0.507 e. The molecule has 0 heterocycles. The number of allylic oxidation sites excluding steroid dienone is 3. The van der Waals surface area contributed by atoms with Crippen molar-refractivity contribution in [2.24, 2.45) is 5.92 Å². The Labute approximate surface area is 127 Å². The average Bonchev–Trinajstić information content (AvgIpc) is 2.38. The van der Waals surface area contributed by atoms with Crippen molar-refractivity contribution in [3.05, 3.63) is 47.1 Å². The topological polar surface area (TPSA) is 40.5 Å². The molecular formula is C19H26O2. The van der Waals surface area contributed by atoms with Crippen LogP contribution in [0.5, 0.6) is 11.5 Å². The fourth-order valence-corrected chi connectivity index (χ4v) is 3.36. The van der Waals surface area contributed by atoms with Crippen LogP contribution in [0.25, 0.3) is 0 Å². The van der Waals surface area contributed by atoms with E-state index in [1.54, 1.807) is 12.1 Å². The largest absolute Gasteiger partial charge is 0.507 e. The number of phenolic OH excluding ortho intramolecular Hbond substituents is 2. The van der Waals surface area contributed by atoms with Gasteiger partial charge in [0.25, 0.3) is 0 Å². The average molecular weight is 286 g/mol. The Balaban J connectivity index is 2.48. The number of aromatic hydroxyl groups is 2. The van der Waals surface area contributed by atoms with Gasteiger partial charge in [-0.15, -0.1) is 0 Å². The molecule has 0 radical (unpaired) electrons. The molecule has 2 N–H and O–H groups in total. The monoisotopic (exact) mass is 286 g/mol. The Morgan fingerprint density at radius 3 is 2.43 bits per heavy atom. The van der Waals surface area contributed by atoms with Gasteiger partial charge in [0, 0.05) is 11.5 Å². The first kappa shape index (κ1) is 15.7. The zero-order valence-electron chi connectivity index (χ0n) is 13.3. The molecule has 114 valence electrons. The zero-order chi connectivity index (χ0) is 15.6. The summed E-state index contributed by atoms with van der Waals surface area (Å²) in [6.45, 7) is 10.3. The van der Waals surface area contributed by atoms with Crippen LogP contribution in [0.3, 0.4) is 0 Å². The van der Waals surface area contributed by atoms with Crippen LogP contribution in [0.1, 0.15) is 57.1 Å². The normalized spacial score (nSPS) is 22.0. The highest BCUT2D eigenvalue weighted by Gasteiger charge is 2.29. The maximum atomic E-state index is 10.4. The Morgan fingerprint density at radius 2 is 1.90 bits per heavy atom. The first-order valence-electron chi connectivity index (χ1n) is 7.81. The molecule has 2 heteroatoms. The molecule has 0 saturated carbocycles. The van der Waals surface area contributed by atoms with Crippen molar-refractivity contribution in [3.8, 4) is 11.5 Å². The molecule has 1 aromatic rings.